The smallest absolute Gasteiger partial charge is 0.311 e. The average Bonchev–Trinajstić information content (AvgIpc) is 2.43. The Labute approximate surface area is 124 Å². The van der Waals surface area contributed by atoms with Crippen molar-refractivity contribution in [1.82, 2.24) is 0 Å². The van der Waals surface area contributed by atoms with Crippen molar-refractivity contribution in [1.29, 1.82) is 0 Å². The van der Waals surface area contributed by atoms with Gasteiger partial charge in [-0.05, 0) is 32.3 Å². The van der Waals surface area contributed by atoms with E-state index >= 15 is 0 Å². The number of piperidine rings is 1. The quantitative estimate of drug-likeness (QED) is 0.667. The number of nitro groups is 1. The summed E-state index contributed by atoms with van der Waals surface area (Å²) in [5.41, 5.74) is 0.118. The molecule has 116 valence electrons. The van der Waals surface area contributed by atoms with Gasteiger partial charge in [0.25, 0.3) is 0 Å². The summed E-state index contributed by atoms with van der Waals surface area (Å²) in [5.74, 6) is 0.296. The van der Waals surface area contributed by atoms with E-state index in [-0.39, 0.29) is 5.69 Å². The van der Waals surface area contributed by atoms with Gasteiger partial charge in [0.05, 0.1) is 17.1 Å². The predicted molar refractivity (Wildman–Crippen MR) is 81.0 cm³/mol. The third kappa shape index (κ3) is 3.85. The van der Waals surface area contributed by atoms with E-state index in [1.165, 1.54) is 6.07 Å². The van der Waals surface area contributed by atoms with Crippen molar-refractivity contribution in [2.45, 2.75) is 38.7 Å². The van der Waals surface area contributed by atoms with Gasteiger partial charge in [0.15, 0.2) is 5.75 Å². The summed E-state index contributed by atoms with van der Waals surface area (Å²) in [6.45, 7) is 5.58. The van der Waals surface area contributed by atoms with Gasteiger partial charge in [-0.2, -0.15) is 0 Å². The Morgan fingerprint density at radius 2 is 2.29 bits per heavy atom. The SMILES string of the molecule is CCCOc1cc(N2CCCC(C)(O)C2)ccc1[N+](=O)[O-]. The number of nitrogens with zero attached hydrogens (tertiary/aromatic N) is 2. The van der Waals surface area contributed by atoms with E-state index < -0.39 is 10.5 Å². The molecule has 1 aliphatic heterocycles. The molecule has 1 fully saturated rings. The fourth-order valence-electron chi connectivity index (χ4n) is 2.62. The molecule has 1 N–H and O–H groups in total. The molecule has 2 rings (SSSR count). The van der Waals surface area contributed by atoms with Crippen LogP contribution in [0.4, 0.5) is 11.4 Å². The molecule has 1 unspecified atom stereocenters. The van der Waals surface area contributed by atoms with Crippen LogP contribution in [-0.2, 0) is 0 Å². The summed E-state index contributed by atoms with van der Waals surface area (Å²) in [7, 11) is 0. The zero-order chi connectivity index (χ0) is 15.5. The lowest BCUT2D eigenvalue weighted by Crippen LogP contribution is -2.46. The number of aliphatic hydroxyl groups is 1. The normalized spacial score (nSPS) is 22.1. The summed E-state index contributed by atoms with van der Waals surface area (Å²) in [4.78, 5) is 12.7. The van der Waals surface area contributed by atoms with Crippen LogP contribution in [-0.4, -0.2) is 35.3 Å². The lowest BCUT2D eigenvalue weighted by atomic mass is 9.95. The van der Waals surface area contributed by atoms with Gasteiger partial charge in [0, 0.05) is 30.9 Å². The minimum Gasteiger partial charge on any atom is -0.487 e. The predicted octanol–water partition coefficient (Wildman–Crippen LogP) is 2.73. The number of nitro benzene ring substituents is 1. The second-order valence-electron chi connectivity index (χ2n) is 5.78. The molecule has 6 heteroatoms. The zero-order valence-corrected chi connectivity index (χ0v) is 12.5. The highest BCUT2D eigenvalue weighted by Gasteiger charge is 2.29. The second kappa shape index (κ2) is 6.30. The first kappa shape index (κ1) is 15.6. The molecular weight excluding hydrogens is 272 g/mol. The number of anilines is 1. The van der Waals surface area contributed by atoms with Crippen LogP contribution in [0.2, 0.25) is 0 Å². The largest absolute Gasteiger partial charge is 0.487 e. The maximum atomic E-state index is 11.0. The molecule has 0 aliphatic carbocycles. The molecule has 1 aromatic rings. The highest BCUT2D eigenvalue weighted by molar-refractivity contribution is 5.59. The minimum atomic E-state index is -0.718. The third-order valence-corrected chi connectivity index (χ3v) is 3.64. The van der Waals surface area contributed by atoms with Crippen LogP contribution in [0.3, 0.4) is 0 Å². The van der Waals surface area contributed by atoms with Crippen molar-refractivity contribution >= 4 is 11.4 Å². The zero-order valence-electron chi connectivity index (χ0n) is 12.5. The molecule has 1 heterocycles. The van der Waals surface area contributed by atoms with Crippen LogP contribution in [0.5, 0.6) is 5.75 Å². The van der Waals surface area contributed by atoms with E-state index in [9.17, 15) is 15.2 Å². The summed E-state index contributed by atoms with van der Waals surface area (Å²) in [5, 5.41) is 21.2. The highest BCUT2D eigenvalue weighted by atomic mass is 16.6. The molecule has 1 aromatic carbocycles. The monoisotopic (exact) mass is 294 g/mol. The Morgan fingerprint density at radius 3 is 2.90 bits per heavy atom. The van der Waals surface area contributed by atoms with Gasteiger partial charge in [-0.25, -0.2) is 0 Å². The number of hydrogen-bond donors (Lipinski definition) is 1. The van der Waals surface area contributed by atoms with Crippen LogP contribution in [0.25, 0.3) is 0 Å². The lowest BCUT2D eigenvalue weighted by molar-refractivity contribution is -0.385. The van der Waals surface area contributed by atoms with Gasteiger partial charge >= 0.3 is 5.69 Å². The fourth-order valence-corrected chi connectivity index (χ4v) is 2.62. The van der Waals surface area contributed by atoms with E-state index in [1.807, 2.05) is 18.7 Å². The molecule has 6 nitrogen and oxygen atoms in total. The molecular formula is C15H22N2O4. The first-order valence-electron chi connectivity index (χ1n) is 7.31. The van der Waals surface area contributed by atoms with Crippen molar-refractivity contribution in [3.8, 4) is 5.75 Å². The topological polar surface area (TPSA) is 75.8 Å². The maximum absolute atomic E-state index is 11.0. The van der Waals surface area contributed by atoms with Gasteiger partial charge in [-0.15, -0.1) is 0 Å². The molecule has 21 heavy (non-hydrogen) atoms. The van der Waals surface area contributed by atoms with Gasteiger partial charge in [-0.1, -0.05) is 6.92 Å². The molecule has 1 saturated heterocycles. The van der Waals surface area contributed by atoms with Crippen LogP contribution in [0.15, 0.2) is 18.2 Å². The maximum Gasteiger partial charge on any atom is 0.311 e. The summed E-state index contributed by atoms with van der Waals surface area (Å²) >= 11 is 0. The van der Waals surface area contributed by atoms with Gasteiger partial charge in [0.2, 0.25) is 0 Å². The summed E-state index contributed by atoms with van der Waals surface area (Å²) in [6.07, 6.45) is 2.46. The van der Waals surface area contributed by atoms with Crippen molar-refractivity contribution in [2.75, 3.05) is 24.6 Å². The summed E-state index contributed by atoms with van der Waals surface area (Å²) in [6, 6.07) is 4.90. The molecule has 1 aliphatic rings. The van der Waals surface area contributed by atoms with Crippen LogP contribution >= 0.6 is 0 Å². The van der Waals surface area contributed by atoms with Crippen molar-refractivity contribution in [3.63, 3.8) is 0 Å². The fraction of sp³-hybridized carbons (Fsp3) is 0.600. The van der Waals surface area contributed by atoms with Crippen LogP contribution in [0.1, 0.15) is 33.1 Å². The lowest BCUT2D eigenvalue weighted by Gasteiger charge is -2.38. The van der Waals surface area contributed by atoms with Crippen LogP contribution < -0.4 is 9.64 Å². The number of benzene rings is 1. The molecule has 0 aromatic heterocycles. The Bertz CT molecular complexity index is 516. The van der Waals surface area contributed by atoms with E-state index in [1.54, 1.807) is 12.1 Å². The highest BCUT2D eigenvalue weighted by Crippen LogP contribution is 2.34. The molecule has 0 saturated carbocycles. The van der Waals surface area contributed by atoms with Crippen molar-refractivity contribution in [3.05, 3.63) is 28.3 Å². The summed E-state index contributed by atoms with van der Waals surface area (Å²) < 4.78 is 5.50. The van der Waals surface area contributed by atoms with Crippen LogP contribution in [0, 0.1) is 10.1 Å². The van der Waals surface area contributed by atoms with Gasteiger partial charge in [0.1, 0.15) is 0 Å². The Kier molecular flexibility index (Phi) is 4.67. The Hall–Kier alpha value is -1.82. The Morgan fingerprint density at radius 1 is 1.52 bits per heavy atom. The molecule has 0 bridgehead atoms. The van der Waals surface area contributed by atoms with Crippen molar-refractivity contribution in [2.24, 2.45) is 0 Å². The Balaban J connectivity index is 2.26. The van der Waals surface area contributed by atoms with Gasteiger partial charge in [-0.3, -0.25) is 10.1 Å². The van der Waals surface area contributed by atoms with E-state index in [4.69, 9.17) is 4.74 Å². The van der Waals surface area contributed by atoms with E-state index in [0.717, 1.165) is 31.5 Å². The molecule has 0 spiro atoms. The van der Waals surface area contributed by atoms with E-state index in [2.05, 4.69) is 0 Å². The average molecular weight is 294 g/mol. The number of β-amino-alcohol motifs (C(OH)–C–C–N with tert-alkyl or cyclic N) is 1. The van der Waals surface area contributed by atoms with Gasteiger partial charge < -0.3 is 14.7 Å². The first-order valence-corrected chi connectivity index (χ1v) is 7.31. The molecule has 1 atom stereocenters. The van der Waals surface area contributed by atoms with E-state index in [0.29, 0.717) is 18.9 Å². The molecule has 0 amide bonds. The number of ether oxygens (including phenoxy) is 1. The molecule has 0 radical (unpaired) electrons. The minimum absolute atomic E-state index is 0.0176. The number of rotatable bonds is 5. The van der Waals surface area contributed by atoms with Crippen molar-refractivity contribution < 1.29 is 14.8 Å². The second-order valence-corrected chi connectivity index (χ2v) is 5.78. The first-order chi connectivity index (χ1) is 9.93. The number of hydrogen-bond acceptors (Lipinski definition) is 5. The standard InChI is InChI=1S/C15H22N2O4/c1-3-9-21-14-10-12(5-6-13(14)17(19)20)16-8-4-7-15(2,18)11-16/h5-6,10,18H,3-4,7-9,11H2,1-2H3. The third-order valence-electron chi connectivity index (χ3n) is 3.64.